The van der Waals surface area contributed by atoms with Crippen LogP contribution in [0.15, 0.2) is 18.3 Å². The second kappa shape index (κ2) is 3.54. The van der Waals surface area contributed by atoms with Gasteiger partial charge in [0.25, 0.3) is 5.66 Å². The molecule has 4 heteroatoms. The number of alkyl halides is 2. The molecule has 1 nitrogen and oxygen atoms in total. The monoisotopic (exact) mass is 217 g/mol. The van der Waals surface area contributed by atoms with Crippen molar-refractivity contribution in [2.75, 3.05) is 0 Å². The van der Waals surface area contributed by atoms with Crippen molar-refractivity contribution in [3.63, 3.8) is 0 Å². The van der Waals surface area contributed by atoms with E-state index in [1.54, 1.807) is 6.07 Å². The predicted octanol–water partition coefficient (Wildman–Crippen LogP) is 3.30. The number of hydrogen-bond donors (Lipinski definition) is 0. The standard InChI is InChI=1S/C10H14F2NP/c1-9(2,3)7-4-5-8(13-6-7)10(11,12)14/h4-6H,14H2,1-3H3. The molecule has 14 heavy (non-hydrogen) atoms. The third kappa shape index (κ3) is 2.71. The van der Waals surface area contributed by atoms with Crippen LogP contribution in [-0.4, -0.2) is 4.98 Å². The Kier molecular flexibility index (Phi) is 2.91. The van der Waals surface area contributed by atoms with Gasteiger partial charge in [-0.2, -0.15) is 8.78 Å². The maximum Gasteiger partial charge on any atom is 0.300 e. The fraction of sp³-hybridized carbons (Fsp3) is 0.500. The average molecular weight is 217 g/mol. The molecule has 1 atom stereocenters. The topological polar surface area (TPSA) is 12.9 Å². The molecule has 0 aliphatic heterocycles. The van der Waals surface area contributed by atoms with Gasteiger partial charge in [0.15, 0.2) is 0 Å². The summed E-state index contributed by atoms with van der Waals surface area (Å²) in [5.74, 6) is 0. The lowest BCUT2D eigenvalue weighted by atomic mass is 9.88. The van der Waals surface area contributed by atoms with Crippen molar-refractivity contribution < 1.29 is 8.78 Å². The first-order valence-corrected chi connectivity index (χ1v) is 4.93. The summed E-state index contributed by atoms with van der Waals surface area (Å²) in [5, 5.41) is 0. The van der Waals surface area contributed by atoms with Crippen LogP contribution >= 0.6 is 9.24 Å². The van der Waals surface area contributed by atoms with Gasteiger partial charge in [0.05, 0.1) is 0 Å². The van der Waals surface area contributed by atoms with Crippen molar-refractivity contribution in [1.82, 2.24) is 4.98 Å². The molecule has 1 unspecified atom stereocenters. The number of aromatic nitrogens is 1. The molecule has 0 saturated carbocycles. The highest BCUT2D eigenvalue weighted by Crippen LogP contribution is 2.33. The van der Waals surface area contributed by atoms with E-state index in [1.165, 1.54) is 21.5 Å². The molecular formula is C10H14F2NP. The van der Waals surface area contributed by atoms with Crippen LogP contribution < -0.4 is 0 Å². The van der Waals surface area contributed by atoms with E-state index in [2.05, 4.69) is 4.98 Å². The fourth-order valence-electron chi connectivity index (χ4n) is 1.03. The lowest BCUT2D eigenvalue weighted by molar-refractivity contribution is 0.0985. The Morgan fingerprint density at radius 1 is 1.21 bits per heavy atom. The number of nitrogens with zero attached hydrogens (tertiary/aromatic N) is 1. The van der Waals surface area contributed by atoms with E-state index >= 15 is 0 Å². The first-order chi connectivity index (χ1) is 6.21. The van der Waals surface area contributed by atoms with Crippen LogP contribution in [-0.2, 0) is 11.1 Å². The summed E-state index contributed by atoms with van der Waals surface area (Å²) in [6.07, 6.45) is 1.51. The largest absolute Gasteiger partial charge is 0.300 e. The molecule has 1 aromatic rings. The molecule has 1 aromatic heterocycles. The molecule has 78 valence electrons. The molecule has 1 heterocycles. The molecule has 0 aliphatic carbocycles. The summed E-state index contributed by atoms with van der Waals surface area (Å²) in [6.45, 7) is 6.05. The van der Waals surface area contributed by atoms with Crippen LogP contribution in [0.4, 0.5) is 8.78 Å². The molecule has 0 saturated heterocycles. The quantitative estimate of drug-likeness (QED) is 0.657. The van der Waals surface area contributed by atoms with Crippen molar-refractivity contribution >= 4 is 9.24 Å². The highest BCUT2D eigenvalue weighted by molar-refractivity contribution is 7.17. The number of pyridine rings is 1. The van der Waals surface area contributed by atoms with Crippen LogP contribution in [0.25, 0.3) is 0 Å². The SMILES string of the molecule is CC(C)(C)c1ccc(C(F)(F)P)nc1. The van der Waals surface area contributed by atoms with Gasteiger partial charge in [0.2, 0.25) is 0 Å². The van der Waals surface area contributed by atoms with E-state index in [0.29, 0.717) is 0 Å². The highest BCUT2D eigenvalue weighted by atomic mass is 31.0. The van der Waals surface area contributed by atoms with Gasteiger partial charge in [-0.3, -0.25) is 4.98 Å². The van der Waals surface area contributed by atoms with Crippen LogP contribution in [0.5, 0.6) is 0 Å². The highest BCUT2D eigenvalue weighted by Gasteiger charge is 2.26. The zero-order valence-electron chi connectivity index (χ0n) is 8.51. The third-order valence-electron chi connectivity index (χ3n) is 1.97. The first-order valence-electron chi connectivity index (χ1n) is 4.35. The summed E-state index contributed by atoms with van der Waals surface area (Å²) in [4.78, 5) is 3.75. The minimum atomic E-state index is -2.93. The number of rotatable bonds is 1. The molecule has 1 rings (SSSR count). The smallest absolute Gasteiger partial charge is 0.254 e. The Hall–Kier alpha value is -0.560. The van der Waals surface area contributed by atoms with E-state index in [0.717, 1.165) is 5.56 Å². The molecule has 0 aromatic carbocycles. The van der Waals surface area contributed by atoms with E-state index < -0.39 is 5.66 Å². The lowest BCUT2D eigenvalue weighted by Gasteiger charge is -2.19. The molecule has 0 amide bonds. The summed E-state index contributed by atoms with van der Waals surface area (Å²) in [7, 11) is 1.48. The normalized spacial score (nSPS) is 13.0. The van der Waals surface area contributed by atoms with Crippen molar-refractivity contribution in [3.05, 3.63) is 29.6 Å². The van der Waals surface area contributed by atoms with Gasteiger partial charge >= 0.3 is 0 Å². The van der Waals surface area contributed by atoms with Crippen molar-refractivity contribution in [2.45, 2.75) is 31.8 Å². The Labute approximate surface area is 85.1 Å². The second-order valence-electron chi connectivity index (χ2n) is 4.31. The maximum absolute atomic E-state index is 12.8. The minimum Gasteiger partial charge on any atom is -0.254 e. The minimum absolute atomic E-state index is 0.0539. The lowest BCUT2D eigenvalue weighted by Crippen LogP contribution is -2.13. The maximum atomic E-state index is 12.8. The van der Waals surface area contributed by atoms with Crippen molar-refractivity contribution in [1.29, 1.82) is 0 Å². The number of halogens is 2. The molecule has 0 fully saturated rings. The molecule has 0 aliphatic rings. The molecular weight excluding hydrogens is 203 g/mol. The van der Waals surface area contributed by atoms with Gasteiger partial charge < -0.3 is 0 Å². The second-order valence-corrected chi connectivity index (χ2v) is 5.03. The summed E-state index contributed by atoms with van der Waals surface area (Å²) in [6, 6.07) is 3.06. The zero-order valence-corrected chi connectivity index (χ0v) is 9.67. The van der Waals surface area contributed by atoms with Gasteiger partial charge in [-0.05, 0) is 17.0 Å². The Bertz CT molecular complexity index is 275. The van der Waals surface area contributed by atoms with Crippen molar-refractivity contribution in [2.24, 2.45) is 0 Å². The fourth-order valence-corrected chi connectivity index (χ4v) is 1.21. The van der Waals surface area contributed by atoms with Gasteiger partial charge in [0.1, 0.15) is 5.69 Å². The van der Waals surface area contributed by atoms with Crippen LogP contribution in [0.2, 0.25) is 0 Å². The Morgan fingerprint density at radius 2 is 1.79 bits per heavy atom. The molecule has 0 spiro atoms. The Balaban J connectivity index is 3.02. The Morgan fingerprint density at radius 3 is 2.07 bits per heavy atom. The summed E-state index contributed by atoms with van der Waals surface area (Å²) >= 11 is 0. The van der Waals surface area contributed by atoms with Gasteiger partial charge in [-0.25, -0.2) is 0 Å². The van der Waals surface area contributed by atoms with Crippen molar-refractivity contribution in [3.8, 4) is 0 Å². The van der Waals surface area contributed by atoms with E-state index in [-0.39, 0.29) is 11.1 Å². The summed E-state index contributed by atoms with van der Waals surface area (Å²) in [5.41, 5.74) is -2.25. The van der Waals surface area contributed by atoms with E-state index in [1.807, 2.05) is 20.8 Å². The van der Waals surface area contributed by atoms with E-state index in [4.69, 9.17) is 0 Å². The molecule has 0 N–H and O–H groups in total. The van der Waals surface area contributed by atoms with Gasteiger partial charge in [-0.1, -0.05) is 36.1 Å². The predicted molar refractivity (Wildman–Crippen MR) is 56.5 cm³/mol. The first kappa shape index (κ1) is 11.5. The number of hydrogen-bond acceptors (Lipinski definition) is 1. The average Bonchev–Trinajstić information content (AvgIpc) is 2.01. The third-order valence-corrected chi connectivity index (χ3v) is 2.27. The molecule has 0 radical (unpaired) electrons. The van der Waals surface area contributed by atoms with E-state index in [9.17, 15) is 8.78 Å². The van der Waals surface area contributed by atoms with Crippen LogP contribution in [0, 0.1) is 0 Å². The van der Waals surface area contributed by atoms with Crippen LogP contribution in [0.3, 0.4) is 0 Å². The van der Waals surface area contributed by atoms with Crippen LogP contribution in [0.1, 0.15) is 32.0 Å². The summed E-state index contributed by atoms with van der Waals surface area (Å²) < 4.78 is 25.6. The van der Waals surface area contributed by atoms with Gasteiger partial charge in [0, 0.05) is 6.20 Å². The zero-order chi connectivity index (χ0) is 11.0. The van der Waals surface area contributed by atoms with Gasteiger partial charge in [-0.15, -0.1) is 0 Å². The molecule has 0 bridgehead atoms.